The Morgan fingerprint density at radius 2 is 1.57 bits per heavy atom. The molecular weight excluding hydrogens is 267 g/mol. The topological polar surface area (TPSA) is 36.9 Å². The fourth-order valence-corrected chi connectivity index (χ4v) is 2.46. The van der Waals surface area contributed by atoms with Crippen molar-refractivity contribution in [3.63, 3.8) is 0 Å². The van der Waals surface area contributed by atoms with Gasteiger partial charge in [-0.05, 0) is 39.2 Å². The van der Waals surface area contributed by atoms with Crippen LogP contribution in [0.4, 0.5) is 0 Å². The standard InChI is InChI=1S/C16H23BO4/c1-14(2)15(3,4)21-17(20-14)12-8-7-11-10-18-16(5,6)19-13(11)9-12/h7-9H,10H2,1-6H3. The molecule has 2 aliphatic heterocycles. The van der Waals surface area contributed by atoms with E-state index >= 15 is 0 Å². The van der Waals surface area contributed by atoms with Crippen molar-refractivity contribution in [1.29, 1.82) is 0 Å². The smallest absolute Gasteiger partial charge is 0.463 e. The Morgan fingerprint density at radius 3 is 2.19 bits per heavy atom. The molecule has 21 heavy (non-hydrogen) atoms. The van der Waals surface area contributed by atoms with Crippen LogP contribution in [0.2, 0.25) is 0 Å². The van der Waals surface area contributed by atoms with Gasteiger partial charge in [0.05, 0.1) is 17.8 Å². The molecular formula is C16H23BO4. The first kappa shape index (κ1) is 14.9. The van der Waals surface area contributed by atoms with Crippen molar-refractivity contribution in [1.82, 2.24) is 0 Å². The molecule has 0 aromatic heterocycles. The first-order valence-electron chi connectivity index (χ1n) is 7.41. The molecule has 1 aromatic carbocycles. The molecule has 0 saturated carbocycles. The van der Waals surface area contributed by atoms with Crippen LogP contribution in [0.5, 0.6) is 5.75 Å². The maximum Gasteiger partial charge on any atom is 0.494 e. The van der Waals surface area contributed by atoms with Crippen LogP contribution in [0, 0.1) is 0 Å². The first-order valence-corrected chi connectivity index (χ1v) is 7.41. The fourth-order valence-electron chi connectivity index (χ4n) is 2.46. The SMILES string of the molecule is CC1(C)OCc2ccc(B3OC(C)(C)C(C)(C)O3)cc2O1. The van der Waals surface area contributed by atoms with Gasteiger partial charge < -0.3 is 18.8 Å². The monoisotopic (exact) mass is 290 g/mol. The van der Waals surface area contributed by atoms with E-state index in [9.17, 15) is 0 Å². The van der Waals surface area contributed by atoms with Gasteiger partial charge in [-0.3, -0.25) is 0 Å². The predicted molar refractivity (Wildman–Crippen MR) is 81.7 cm³/mol. The van der Waals surface area contributed by atoms with Gasteiger partial charge in [-0.15, -0.1) is 0 Å². The van der Waals surface area contributed by atoms with Crippen molar-refractivity contribution in [3.05, 3.63) is 23.8 Å². The van der Waals surface area contributed by atoms with E-state index in [1.165, 1.54) is 0 Å². The third kappa shape index (κ3) is 2.58. The maximum absolute atomic E-state index is 6.08. The molecule has 0 amide bonds. The quantitative estimate of drug-likeness (QED) is 0.745. The van der Waals surface area contributed by atoms with E-state index in [0.717, 1.165) is 16.8 Å². The highest BCUT2D eigenvalue weighted by Crippen LogP contribution is 2.37. The van der Waals surface area contributed by atoms with E-state index in [4.69, 9.17) is 18.8 Å². The Bertz CT molecular complexity index is 549. The molecule has 0 unspecified atom stereocenters. The minimum atomic E-state index is -0.596. The lowest BCUT2D eigenvalue weighted by molar-refractivity contribution is -0.180. The van der Waals surface area contributed by atoms with E-state index in [1.807, 2.05) is 32.0 Å². The van der Waals surface area contributed by atoms with Gasteiger partial charge in [0.1, 0.15) is 5.75 Å². The van der Waals surface area contributed by atoms with Gasteiger partial charge in [0.15, 0.2) is 0 Å². The number of fused-ring (bicyclic) bond motifs is 1. The van der Waals surface area contributed by atoms with E-state index in [1.54, 1.807) is 0 Å². The fraction of sp³-hybridized carbons (Fsp3) is 0.625. The van der Waals surface area contributed by atoms with Crippen LogP contribution < -0.4 is 10.2 Å². The molecule has 2 aliphatic rings. The Kier molecular flexibility index (Phi) is 3.17. The third-order valence-corrected chi connectivity index (χ3v) is 4.55. The molecule has 4 nitrogen and oxygen atoms in total. The maximum atomic E-state index is 6.08. The molecule has 2 heterocycles. The van der Waals surface area contributed by atoms with Gasteiger partial charge in [-0.2, -0.15) is 0 Å². The van der Waals surface area contributed by atoms with E-state index in [2.05, 4.69) is 27.7 Å². The summed E-state index contributed by atoms with van der Waals surface area (Å²) in [6.07, 6.45) is 0. The van der Waals surface area contributed by atoms with Crippen LogP contribution in [0.1, 0.15) is 47.1 Å². The van der Waals surface area contributed by atoms with Crippen LogP contribution in [0.3, 0.4) is 0 Å². The average Bonchev–Trinajstić information content (AvgIpc) is 2.56. The summed E-state index contributed by atoms with van der Waals surface area (Å²) >= 11 is 0. The summed E-state index contributed by atoms with van der Waals surface area (Å²) in [5, 5.41) is 0. The molecule has 0 bridgehead atoms. The third-order valence-electron chi connectivity index (χ3n) is 4.55. The minimum Gasteiger partial charge on any atom is -0.463 e. The van der Waals surface area contributed by atoms with Gasteiger partial charge >= 0.3 is 7.12 Å². The van der Waals surface area contributed by atoms with Gasteiger partial charge in [0.2, 0.25) is 5.79 Å². The van der Waals surface area contributed by atoms with Crippen LogP contribution in [-0.4, -0.2) is 24.1 Å². The van der Waals surface area contributed by atoms with Crippen molar-refractivity contribution < 1.29 is 18.8 Å². The summed E-state index contributed by atoms with van der Waals surface area (Å²) in [4.78, 5) is 0. The second-order valence-corrected chi connectivity index (χ2v) is 7.25. The summed E-state index contributed by atoms with van der Waals surface area (Å²) in [5.41, 5.74) is 1.35. The molecule has 3 rings (SSSR count). The molecule has 0 radical (unpaired) electrons. The number of hydrogen-bond acceptors (Lipinski definition) is 4. The molecule has 0 aliphatic carbocycles. The van der Waals surface area contributed by atoms with Gasteiger partial charge in [-0.1, -0.05) is 12.1 Å². The van der Waals surface area contributed by atoms with Crippen molar-refractivity contribution in [2.45, 2.75) is 65.1 Å². The molecule has 0 N–H and O–H groups in total. The second kappa shape index (κ2) is 4.48. The lowest BCUT2D eigenvalue weighted by Gasteiger charge is -2.32. The first-order chi connectivity index (χ1) is 9.60. The summed E-state index contributed by atoms with van der Waals surface area (Å²) in [7, 11) is -0.366. The lowest BCUT2D eigenvalue weighted by Crippen LogP contribution is -2.41. The average molecular weight is 290 g/mol. The highest BCUT2D eigenvalue weighted by Gasteiger charge is 2.51. The van der Waals surface area contributed by atoms with Crippen molar-refractivity contribution in [3.8, 4) is 5.75 Å². The summed E-state index contributed by atoms with van der Waals surface area (Å²) in [6.45, 7) is 12.6. The predicted octanol–water partition coefficient (Wildman–Crippen LogP) is 2.63. The Balaban J connectivity index is 1.89. The van der Waals surface area contributed by atoms with Crippen molar-refractivity contribution in [2.24, 2.45) is 0 Å². The van der Waals surface area contributed by atoms with Crippen LogP contribution >= 0.6 is 0 Å². The normalized spacial score (nSPS) is 25.3. The van der Waals surface area contributed by atoms with E-state index in [-0.39, 0.29) is 18.3 Å². The zero-order valence-corrected chi connectivity index (χ0v) is 13.6. The number of rotatable bonds is 1. The van der Waals surface area contributed by atoms with Gasteiger partial charge in [-0.25, -0.2) is 0 Å². The zero-order valence-electron chi connectivity index (χ0n) is 13.6. The molecule has 1 saturated heterocycles. The molecule has 114 valence electrons. The molecule has 0 atom stereocenters. The van der Waals surface area contributed by atoms with Crippen LogP contribution in [0.15, 0.2) is 18.2 Å². The molecule has 0 spiro atoms. The summed E-state index contributed by atoms with van der Waals surface area (Å²) in [6, 6.07) is 6.04. The van der Waals surface area contributed by atoms with Crippen molar-refractivity contribution >= 4 is 12.6 Å². The lowest BCUT2D eigenvalue weighted by atomic mass is 9.78. The molecule has 1 fully saturated rings. The Hall–Kier alpha value is -1.04. The van der Waals surface area contributed by atoms with Crippen molar-refractivity contribution in [2.75, 3.05) is 0 Å². The van der Waals surface area contributed by atoms with E-state index < -0.39 is 5.79 Å². The number of hydrogen-bond donors (Lipinski definition) is 0. The summed E-state index contributed by atoms with van der Waals surface area (Å²) < 4.78 is 23.7. The second-order valence-electron chi connectivity index (χ2n) is 7.25. The molecule has 1 aromatic rings. The largest absolute Gasteiger partial charge is 0.494 e. The van der Waals surface area contributed by atoms with Crippen LogP contribution in [0.25, 0.3) is 0 Å². The zero-order chi connectivity index (χ0) is 15.5. The number of benzene rings is 1. The highest BCUT2D eigenvalue weighted by molar-refractivity contribution is 6.62. The van der Waals surface area contributed by atoms with E-state index in [0.29, 0.717) is 6.61 Å². The Morgan fingerprint density at radius 1 is 0.952 bits per heavy atom. The Labute approximate surface area is 126 Å². The number of ether oxygens (including phenoxy) is 2. The summed E-state index contributed by atoms with van der Waals surface area (Å²) in [5.74, 6) is 0.250. The highest BCUT2D eigenvalue weighted by atomic mass is 16.7. The van der Waals surface area contributed by atoms with Crippen LogP contribution in [-0.2, 0) is 20.7 Å². The minimum absolute atomic E-state index is 0.336. The molecule has 5 heteroatoms. The van der Waals surface area contributed by atoms with Gasteiger partial charge in [0.25, 0.3) is 0 Å². The van der Waals surface area contributed by atoms with Gasteiger partial charge in [0, 0.05) is 19.4 Å².